The molecule has 13 heavy (non-hydrogen) atoms. The Kier molecular flexibility index (Phi) is 2.92. The molecule has 1 fully saturated rings. The Labute approximate surface area is 77.3 Å². The van der Waals surface area contributed by atoms with Crippen molar-refractivity contribution in [2.75, 3.05) is 18.1 Å². The van der Waals surface area contributed by atoms with Crippen molar-refractivity contribution < 1.29 is 18.3 Å². The fourth-order valence-corrected chi connectivity index (χ4v) is 3.33. The summed E-state index contributed by atoms with van der Waals surface area (Å²) in [6.45, 7) is 2.16. The van der Waals surface area contributed by atoms with Crippen molar-refractivity contribution in [2.24, 2.45) is 0 Å². The molecule has 0 aromatic rings. The Balaban J connectivity index is 2.77. The van der Waals surface area contributed by atoms with Crippen LogP contribution in [0.3, 0.4) is 0 Å². The van der Waals surface area contributed by atoms with E-state index in [9.17, 15) is 18.3 Å². The van der Waals surface area contributed by atoms with Gasteiger partial charge in [-0.05, 0) is 6.92 Å². The lowest BCUT2D eigenvalue weighted by Gasteiger charge is -2.24. The van der Waals surface area contributed by atoms with Gasteiger partial charge >= 0.3 is 0 Å². The average Bonchev–Trinajstić information content (AvgIpc) is 2.28. The molecule has 1 aliphatic heterocycles. The number of aliphatic hydroxyl groups excluding tert-OH is 1. The zero-order valence-corrected chi connectivity index (χ0v) is 8.20. The van der Waals surface area contributed by atoms with E-state index >= 15 is 0 Å². The molecule has 0 saturated carbocycles. The fourth-order valence-electron chi connectivity index (χ4n) is 1.51. The lowest BCUT2D eigenvalue weighted by molar-refractivity contribution is -0.121. The van der Waals surface area contributed by atoms with Crippen molar-refractivity contribution in [1.82, 2.24) is 4.90 Å². The number of carbonyl (C=O) groups excluding carboxylic acids is 1. The highest BCUT2D eigenvalue weighted by atomic mass is 32.2. The van der Waals surface area contributed by atoms with E-state index in [0.717, 1.165) is 0 Å². The summed E-state index contributed by atoms with van der Waals surface area (Å²) in [6.07, 6.45) is -0.357. The molecule has 1 saturated heterocycles. The summed E-state index contributed by atoms with van der Waals surface area (Å²) in [5.74, 6) is -0.358. The number of carbonyl (C=O) groups is 1. The van der Waals surface area contributed by atoms with E-state index in [4.69, 9.17) is 0 Å². The van der Waals surface area contributed by atoms with Gasteiger partial charge in [0, 0.05) is 6.54 Å². The fraction of sp³-hybridized carbons (Fsp3) is 0.857. The summed E-state index contributed by atoms with van der Waals surface area (Å²) in [5.41, 5.74) is 0. The van der Waals surface area contributed by atoms with Crippen LogP contribution in [0.4, 0.5) is 0 Å². The summed E-state index contributed by atoms with van der Waals surface area (Å²) in [4.78, 5) is 11.8. The second-order valence-corrected chi connectivity index (χ2v) is 5.30. The number of nitrogens with zero attached hydrogens (tertiary/aromatic N) is 1. The van der Waals surface area contributed by atoms with Gasteiger partial charge in [-0.2, -0.15) is 0 Å². The van der Waals surface area contributed by atoms with Gasteiger partial charge in [0.15, 0.2) is 9.84 Å². The maximum Gasteiger partial charge on any atom is 0.210 e. The number of amides is 1. The van der Waals surface area contributed by atoms with E-state index in [1.165, 1.54) is 4.90 Å². The predicted octanol–water partition coefficient (Wildman–Crippen LogP) is -1.38. The molecule has 5 nitrogen and oxygen atoms in total. The van der Waals surface area contributed by atoms with E-state index in [-0.39, 0.29) is 11.5 Å². The molecule has 6 heteroatoms. The van der Waals surface area contributed by atoms with Gasteiger partial charge in [-0.25, -0.2) is 8.42 Å². The Morgan fingerprint density at radius 2 is 2.15 bits per heavy atom. The number of hydrogen-bond donors (Lipinski definition) is 1. The highest BCUT2D eigenvalue weighted by Crippen LogP contribution is 2.16. The molecule has 1 aliphatic rings. The molecule has 0 aliphatic carbocycles. The van der Waals surface area contributed by atoms with Crippen LogP contribution < -0.4 is 0 Å². The van der Waals surface area contributed by atoms with Gasteiger partial charge in [0.05, 0.1) is 23.7 Å². The lowest BCUT2D eigenvalue weighted by Crippen LogP contribution is -2.42. The predicted molar refractivity (Wildman–Crippen MR) is 46.9 cm³/mol. The van der Waals surface area contributed by atoms with Gasteiger partial charge in [-0.3, -0.25) is 4.79 Å². The second-order valence-electron chi connectivity index (χ2n) is 3.15. The standard InChI is InChI=1S/C7H13NO4S/c1-2-8(5-9)6-3-13(11,12)4-7(6)10/h5-7,10H,2-4H2,1H3/t6-,7+/m1/s1. The average molecular weight is 207 g/mol. The molecule has 0 bridgehead atoms. The van der Waals surface area contributed by atoms with Crippen molar-refractivity contribution in [3.8, 4) is 0 Å². The molecular weight excluding hydrogens is 194 g/mol. The van der Waals surface area contributed by atoms with Crippen molar-refractivity contribution in [1.29, 1.82) is 0 Å². The minimum Gasteiger partial charge on any atom is -0.390 e. The smallest absolute Gasteiger partial charge is 0.210 e. The monoisotopic (exact) mass is 207 g/mol. The third-order valence-corrected chi connectivity index (χ3v) is 3.92. The third-order valence-electron chi connectivity index (χ3n) is 2.22. The van der Waals surface area contributed by atoms with Crippen LogP contribution in [-0.4, -0.2) is 55.0 Å². The van der Waals surface area contributed by atoms with Crippen LogP contribution in [0.15, 0.2) is 0 Å². The van der Waals surface area contributed by atoms with Gasteiger partial charge in [-0.1, -0.05) is 0 Å². The molecule has 1 heterocycles. The van der Waals surface area contributed by atoms with Gasteiger partial charge in [0.25, 0.3) is 0 Å². The van der Waals surface area contributed by atoms with Crippen molar-refractivity contribution in [3.63, 3.8) is 0 Å². The number of hydrogen-bond acceptors (Lipinski definition) is 4. The molecule has 0 spiro atoms. The Bertz CT molecular complexity index is 287. The zero-order chi connectivity index (χ0) is 10.1. The molecule has 1 N–H and O–H groups in total. The van der Waals surface area contributed by atoms with Gasteiger partial charge in [-0.15, -0.1) is 0 Å². The molecule has 2 atom stereocenters. The normalized spacial score (nSPS) is 31.5. The number of rotatable bonds is 3. The molecule has 0 aromatic heterocycles. The zero-order valence-electron chi connectivity index (χ0n) is 7.38. The topological polar surface area (TPSA) is 74.7 Å². The lowest BCUT2D eigenvalue weighted by atomic mass is 10.2. The number of likely N-dealkylation sites (N-methyl/N-ethyl adjacent to an activating group) is 1. The Hall–Kier alpha value is -0.620. The number of aliphatic hydroxyl groups is 1. The maximum absolute atomic E-state index is 11.1. The first-order valence-electron chi connectivity index (χ1n) is 4.09. The second kappa shape index (κ2) is 3.63. The van der Waals surface area contributed by atoms with Crippen LogP contribution in [0.1, 0.15) is 6.92 Å². The van der Waals surface area contributed by atoms with Gasteiger partial charge < -0.3 is 10.0 Å². The van der Waals surface area contributed by atoms with Crippen molar-refractivity contribution in [2.45, 2.75) is 19.1 Å². The molecule has 1 amide bonds. The van der Waals surface area contributed by atoms with Crippen LogP contribution in [0.5, 0.6) is 0 Å². The van der Waals surface area contributed by atoms with E-state index in [0.29, 0.717) is 13.0 Å². The van der Waals surface area contributed by atoms with E-state index in [1.807, 2.05) is 0 Å². The van der Waals surface area contributed by atoms with E-state index in [1.54, 1.807) is 6.92 Å². The Morgan fingerprint density at radius 1 is 1.54 bits per heavy atom. The summed E-state index contributed by atoms with van der Waals surface area (Å²) in [7, 11) is -3.16. The largest absolute Gasteiger partial charge is 0.390 e. The summed E-state index contributed by atoms with van der Waals surface area (Å²) in [6, 6.07) is -0.563. The quantitative estimate of drug-likeness (QED) is 0.579. The summed E-state index contributed by atoms with van der Waals surface area (Å²) < 4.78 is 22.2. The van der Waals surface area contributed by atoms with Crippen LogP contribution in [0.25, 0.3) is 0 Å². The summed E-state index contributed by atoms with van der Waals surface area (Å²) >= 11 is 0. The van der Waals surface area contributed by atoms with Crippen LogP contribution in [0, 0.1) is 0 Å². The molecule has 0 radical (unpaired) electrons. The highest BCUT2D eigenvalue weighted by Gasteiger charge is 2.39. The highest BCUT2D eigenvalue weighted by molar-refractivity contribution is 7.91. The first kappa shape index (κ1) is 10.5. The van der Waals surface area contributed by atoms with Gasteiger partial charge in [0.1, 0.15) is 0 Å². The van der Waals surface area contributed by atoms with E-state index < -0.39 is 22.0 Å². The first-order valence-corrected chi connectivity index (χ1v) is 5.92. The minimum atomic E-state index is -3.16. The van der Waals surface area contributed by atoms with E-state index in [2.05, 4.69) is 0 Å². The van der Waals surface area contributed by atoms with Crippen LogP contribution >= 0.6 is 0 Å². The molecule has 1 rings (SSSR count). The molecule has 0 aromatic carbocycles. The molecular formula is C7H13NO4S. The number of sulfone groups is 1. The Morgan fingerprint density at radius 3 is 2.46 bits per heavy atom. The molecule has 76 valence electrons. The maximum atomic E-state index is 11.1. The minimum absolute atomic E-state index is 0.124. The van der Waals surface area contributed by atoms with Gasteiger partial charge in [0.2, 0.25) is 6.41 Å². The summed E-state index contributed by atoms with van der Waals surface area (Å²) in [5, 5.41) is 9.38. The molecule has 0 unspecified atom stereocenters. The third kappa shape index (κ3) is 2.19. The van der Waals surface area contributed by atoms with Crippen molar-refractivity contribution in [3.05, 3.63) is 0 Å². The van der Waals surface area contributed by atoms with Crippen LogP contribution in [-0.2, 0) is 14.6 Å². The SMILES string of the molecule is CCN(C=O)[C@@H]1CS(=O)(=O)C[C@@H]1O. The first-order chi connectivity index (χ1) is 6.00. The van der Waals surface area contributed by atoms with Crippen molar-refractivity contribution >= 4 is 16.2 Å². The van der Waals surface area contributed by atoms with Crippen LogP contribution in [0.2, 0.25) is 0 Å².